The van der Waals surface area contributed by atoms with Crippen LogP contribution < -0.4 is 10.0 Å². The molecule has 112 valence electrons. The van der Waals surface area contributed by atoms with E-state index >= 15 is 0 Å². The van der Waals surface area contributed by atoms with E-state index in [1.165, 1.54) is 18.3 Å². The van der Waals surface area contributed by atoms with Gasteiger partial charge in [0.05, 0.1) is 15.6 Å². The number of halogens is 1. The van der Waals surface area contributed by atoms with Gasteiger partial charge in [-0.2, -0.15) is 0 Å². The molecule has 0 radical (unpaired) electrons. The zero-order valence-electron chi connectivity index (χ0n) is 11.7. The minimum Gasteiger partial charge on any atom is -0.370 e. The number of nitrogens with one attached hydrogen (secondary N) is 2. The van der Waals surface area contributed by atoms with Crippen LogP contribution >= 0.6 is 11.6 Å². The summed E-state index contributed by atoms with van der Waals surface area (Å²) in [5, 5.41) is 3.33. The third-order valence-corrected chi connectivity index (χ3v) is 4.44. The number of hydrogen-bond donors (Lipinski definition) is 2. The molecular formula is C14H16ClN3O2S. The van der Waals surface area contributed by atoms with Gasteiger partial charge in [0.15, 0.2) is 0 Å². The van der Waals surface area contributed by atoms with Crippen molar-refractivity contribution in [1.82, 2.24) is 4.98 Å². The lowest BCUT2D eigenvalue weighted by Crippen LogP contribution is -2.14. The van der Waals surface area contributed by atoms with E-state index in [0.29, 0.717) is 23.1 Å². The maximum Gasteiger partial charge on any atom is 0.262 e. The smallest absolute Gasteiger partial charge is 0.262 e. The van der Waals surface area contributed by atoms with Crippen LogP contribution in [0.25, 0.3) is 0 Å². The molecule has 2 N–H and O–H groups in total. The Morgan fingerprint density at radius 1 is 1.24 bits per heavy atom. The van der Waals surface area contributed by atoms with Crippen LogP contribution in [0.15, 0.2) is 41.4 Å². The standard InChI is InChI=1S/C14H16ClN3O2S/c1-3-16-14-9-11(6-7-17-14)21(19,20)18-13-5-4-10(2)8-12(13)15/h4-9,18H,3H2,1-2H3,(H,16,17). The lowest BCUT2D eigenvalue weighted by Gasteiger charge is -2.11. The average Bonchev–Trinajstić information content (AvgIpc) is 2.43. The summed E-state index contributed by atoms with van der Waals surface area (Å²) in [4.78, 5) is 4.18. The van der Waals surface area contributed by atoms with Crippen molar-refractivity contribution in [1.29, 1.82) is 0 Å². The van der Waals surface area contributed by atoms with Crippen molar-refractivity contribution in [2.45, 2.75) is 18.7 Å². The van der Waals surface area contributed by atoms with Gasteiger partial charge in [-0.15, -0.1) is 0 Å². The van der Waals surface area contributed by atoms with Crippen molar-refractivity contribution < 1.29 is 8.42 Å². The molecule has 1 heterocycles. The van der Waals surface area contributed by atoms with E-state index in [1.54, 1.807) is 18.2 Å². The highest BCUT2D eigenvalue weighted by Crippen LogP contribution is 2.25. The number of anilines is 2. The van der Waals surface area contributed by atoms with Gasteiger partial charge in [0, 0.05) is 18.8 Å². The first-order chi connectivity index (χ1) is 9.92. The monoisotopic (exact) mass is 325 g/mol. The second kappa shape index (κ2) is 6.32. The van der Waals surface area contributed by atoms with Crippen LogP contribution in [0.2, 0.25) is 5.02 Å². The van der Waals surface area contributed by atoms with Crippen molar-refractivity contribution in [2.24, 2.45) is 0 Å². The molecule has 7 heteroatoms. The Labute approximate surface area is 129 Å². The second-order valence-electron chi connectivity index (χ2n) is 4.50. The van der Waals surface area contributed by atoms with Gasteiger partial charge in [0.25, 0.3) is 10.0 Å². The molecule has 2 aromatic rings. The molecule has 0 unspecified atom stereocenters. The number of benzene rings is 1. The highest BCUT2D eigenvalue weighted by atomic mass is 35.5. The predicted molar refractivity (Wildman–Crippen MR) is 85.4 cm³/mol. The summed E-state index contributed by atoms with van der Waals surface area (Å²) in [6, 6.07) is 8.05. The maximum absolute atomic E-state index is 12.4. The van der Waals surface area contributed by atoms with Crippen molar-refractivity contribution >= 4 is 33.1 Å². The second-order valence-corrected chi connectivity index (χ2v) is 6.59. The van der Waals surface area contributed by atoms with E-state index in [2.05, 4.69) is 15.0 Å². The van der Waals surface area contributed by atoms with Crippen molar-refractivity contribution in [3.63, 3.8) is 0 Å². The predicted octanol–water partition coefficient (Wildman–Crippen LogP) is 3.28. The molecule has 0 fully saturated rings. The molecule has 1 aromatic heterocycles. The number of aromatic nitrogens is 1. The summed E-state index contributed by atoms with van der Waals surface area (Å²) in [5.41, 5.74) is 1.31. The SMILES string of the molecule is CCNc1cc(S(=O)(=O)Nc2ccc(C)cc2Cl)ccn1. The van der Waals surface area contributed by atoms with Gasteiger partial charge in [-0.05, 0) is 37.6 Å². The molecule has 5 nitrogen and oxygen atoms in total. The van der Waals surface area contributed by atoms with Gasteiger partial charge in [-0.25, -0.2) is 13.4 Å². The molecule has 0 amide bonds. The van der Waals surface area contributed by atoms with Gasteiger partial charge in [0.2, 0.25) is 0 Å². The zero-order valence-corrected chi connectivity index (χ0v) is 13.3. The van der Waals surface area contributed by atoms with E-state index in [-0.39, 0.29) is 4.90 Å². The Kier molecular flexibility index (Phi) is 4.69. The number of hydrogen-bond acceptors (Lipinski definition) is 4. The summed E-state index contributed by atoms with van der Waals surface area (Å²) in [6.45, 7) is 4.45. The van der Waals surface area contributed by atoms with Crippen LogP contribution in [0.5, 0.6) is 0 Å². The lowest BCUT2D eigenvalue weighted by atomic mass is 10.2. The van der Waals surface area contributed by atoms with Crippen LogP contribution in [-0.4, -0.2) is 19.9 Å². The molecule has 21 heavy (non-hydrogen) atoms. The summed E-state index contributed by atoms with van der Waals surface area (Å²) in [6.07, 6.45) is 1.45. The average molecular weight is 326 g/mol. The molecule has 0 aliphatic carbocycles. The summed E-state index contributed by atoms with van der Waals surface area (Å²) in [7, 11) is -3.70. The summed E-state index contributed by atoms with van der Waals surface area (Å²) < 4.78 is 27.2. The van der Waals surface area contributed by atoms with Gasteiger partial charge in [0.1, 0.15) is 5.82 Å². The molecule has 2 rings (SSSR count). The van der Waals surface area contributed by atoms with E-state index in [0.717, 1.165) is 5.56 Å². The fourth-order valence-electron chi connectivity index (χ4n) is 1.76. The van der Waals surface area contributed by atoms with E-state index in [1.807, 2.05) is 13.8 Å². The Balaban J connectivity index is 2.31. The largest absolute Gasteiger partial charge is 0.370 e. The molecule has 0 saturated carbocycles. The Bertz CT molecular complexity index is 748. The van der Waals surface area contributed by atoms with E-state index in [9.17, 15) is 8.42 Å². The lowest BCUT2D eigenvalue weighted by molar-refractivity contribution is 0.601. The fraction of sp³-hybridized carbons (Fsp3) is 0.214. The quantitative estimate of drug-likeness (QED) is 0.885. The number of sulfonamides is 1. The van der Waals surface area contributed by atoms with Gasteiger partial charge < -0.3 is 5.32 Å². The number of nitrogens with zero attached hydrogens (tertiary/aromatic N) is 1. The topological polar surface area (TPSA) is 71.1 Å². The van der Waals surface area contributed by atoms with Crippen molar-refractivity contribution in [3.8, 4) is 0 Å². The molecule has 0 atom stereocenters. The minimum absolute atomic E-state index is 0.130. The van der Waals surface area contributed by atoms with Crippen LogP contribution in [0.1, 0.15) is 12.5 Å². The van der Waals surface area contributed by atoms with Gasteiger partial charge in [-0.1, -0.05) is 17.7 Å². The molecule has 0 bridgehead atoms. The zero-order chi connectivity index (χ0) is 15.5. The van der Waals surface area contributed by atoms with Crippen LogP contribution in [0, 0.1) is 6.92 Å². The van der Waals surface area contributed by atoms with Crippen LogP contribution in [-0.2, 0) is 10.0 Å². The number of rotatable bonds is 5. The van der Waals surface area contributed by atoms with Gasteiger partial charge >= 0.3 is 0 Å². The summed E-state index contributed by atoms with van der Waals surface area (Å²) in [5.74, 6) is 0.510. The fourth-order valence-corrected chi connectivity index (χ4v) is 3.19. The van der Waals surface area contributed by atoms with Gasteiger partial charge in [-0.3, -0.25) is 4.72 Å². The van der Waals surface area contributed by atoms with Crippen LogP contribution in [0.4, 0.5) is 11.5 Å². The highest BCUT2D eigenvalue weighted by molar-refractivity contribution is 7.92. The first kappa shape index (κ1) is 15.6. The molecule has 1 aromatic carbocycles. The first-order valence-electron chi connectivity index (χ1n) is 6.41. The molecule has 0 saturated heterocycles. The van der Waals surface area contributed by atoms with E-state index in [4.69, 9.17) is 11.6 Å². The third kappa shape index (κ3) is 3.86. The number of pyridine rings is 1. The Hall–Kier alpha value is -1.79. The Morgan fingerprint density at radius 3 is 2.67 bits per heavy atom. The van der Waals surface area contributed by atoms with E-state index < -0.39 is 10.0 Å². The van der Waals surface area contributed by atoms with Crippen molar-refractivity contribution in [2.75, 3.05) is 16.6 Å². The molecule has 0 aliphatic rings. The molecular weight excluding hydrogens is 310 g/mol. The third-order valence-electron chi connectivity index (χ3n) is 2.77. The normalized spacial score (nSPS) is 11.2. The first-order valence-corrected chi connectivity index (χ1v) is 8.27. The molecule has 0 aliphatic heterocycles. The van der Waals surface area contributed by atoms with Crippen LogP contribution in [0.3, 0.4) is 0 Å². The molecule has 0 spiro atoms. The van der Waals surface area contributed by atoms with Crippen molar-refractivity contribution in [3.05, 3.63) is 47.1 Å². The number of aryl methyl sites for hydroxylation is 1. The Morgan fingerprint density at radius 2 is 2.00 bits per heavy atom. The minimum atomic E-state index is -3.70. The summed E-state index contributed by atoms with van der Waals surface area (Å²) >= 11 is 6.05. The highest BCUT2D eigenvalue weighted by Gasteiger charge is 2.16. The maximum atomic E-state index is 12.4.